The number of anilines is 1. The molecule has 0 unspecified atom stereocenters. The lowest BCUT2D eigenvalue weighted by molar-refractivity contribution is 0.483. The predicted octanol–water partition coefficient (Wildman–Crippen LogP) is 3.12. The van der Waals surface area contributed by atoms with Crippen molar-refractivity contribution in [2.45, 2.75) is 46.0 Å². The van der Waals surface area contributed by atoms with Gasteiger partial charge in [-0.3, -0.25) is 0 Å². The molecule has 1 aromatic rings. The van der Waals surface area contributed by atoms with Crippen LogP contribution in [0.1, 0.15) is 45.1 Å². The summed E-state index contributed by atoms with van der Waals surface area (Å²) in [5.41, 5.74) is 7.51. The molecule has 0 aliphatic carbocycles. The van der Waals surface area contributed by atoms with Crippen molar-refractivity contribution in [3.05, 3.63) is 23.8 Å². The summed E-state index contributed by atoms with van der Waals surface area (Å²) in [6, 6.07) is 5.04. The van der Waals surface area contributed by atoms with Gasteiger partial charge < -0.3 is 9.92 Å². The van der Waals surface area contributed by atoms with Crippen LogP contribution in [0.2, 0.25) is 0 Å². The van der Waals surface area contributed by atoms with Crippen molar-refractivity contribution in [2.75, 3.05) is 11.5 Å². The Hall–Kier alpha value is -1.23. The van der Waals surface area contributed by atoms with E-state index >= 15 is 0 Å². The van der Waals surface area contributed by atoms with E-state index in [2.05, 4.69) is 6.92 Å². The second-order valence-electron chi connectivity index (χ2n) is 4.66. The minimum atomic E-state index is -3.49. The molecule has 0 spiro atoms. The van der Waals surface area contributed by atoms with Gasteiger partial charge in [-0.1, -0.05) is 26.7 Å². The maximum Gasteiger partial charge on any atom is 0.309 e. The number of hydrogen-bond donors (Lipinski definition) is 1. The second kappa shape index (κ2) is 7.38. The van der Waals surface area contributed by atoms with Gasteiger partial charge in [-0.25, -0.2) is 0 Å². The standard InChI is InChI=1S/C14H23NO3S/c1-3-5-7-12-11-13(8-9-14(12)15)18-19(16,17)10-6-4-2/h8-9,11H,3-7,10,15H2,1-2H3. The summed E-state index contributed by atoms with van der Waals surface area (Å²) in [5.74, 6) is 0.412. The van der Waals surface area contributed by atoms with Gasteiger partial charge in [0, 0.05) is 5.69 Å². The number of aryl methyl sites for hydroxylation is 1. The van der Waals surface area contributed by atoms with E-state index in [0.29, 0.717) is 17.9 Å². The molecule has 4 nitrogen and oxygen atoms in total. The van der Waals surface area contributed by atoms with Crippen molar-refractivity contribution in [3.8, 4) is 5.75 Å². The Labute approximate surface area is 116 Å². The van der Waals surface area contributed by atoms with Crippen LogP contribution in [0, 0.1) is 0 Å². The quantitative estimate of drug-likeness (QED) is 0.588. The lowest BCUT2D eigenvalue weighted by atomic mass is 10.1. The fourth-order valence-corrected chi connectivity index (χ4v) is 2.85. The second-order valence-corrected chi connectivity index (χ2v) is 6.35. The Morgan fingerprint density at radius 3 is 2.47 bits per heavy atom. The van der Waals surface area contributed by atoms with Crippen LogP contribution in [0.4, 0.5) is 5.69 Å². The molecule has 0 bridgehead atoms. The zero-order chi connectivity index (χ0) is 14.3. The normalized spacial score (nSPS) is 11.5. The van der Waals surface area contributed by atoms with E-state index in [0.717, 1.165) is 31.2 Å². The monoisotopic (exact) mass is 285 g/mol. The lowest BCUT2D eigenvalue weighted by Gasteiger charge is -2.10. The first-order valence-electron chi connectivity index (χ1n) is 6.79. The molecule has 1 aromatic carbocycles. The number of unbranched alkanes of at least 4 members (excludes halogenated alkanes) is 2. The third-order valence-corrected chi connectivity index (χ3v) is 4.12. The van der Waals surface area contributed by atoms with E-state index in [1.54, 1.807) is 18.2 Å². The van der Waals surface area contributed by atoms with Crippen molar-refractivity contribution in [2.24, 2.45) is 0 Å². The minimum Gasteiger partial charge on any atom is -0.399 e. The summed E-state index contributed by atoms with van der Waals surface area (Å²) >= 11 is 0. The molecule has 0 saturated carbocycles. The third-order valence-electron chi connectivity index (χ3n) is 2.89. The zero-order valence-corrected chi connectivity index (χ0v) is 12.5. The molecule has 2 N–H and O–H groups in total. The molecule has 0 fully saturated rings. The van der Waals surface area contributed by atoms with Crippen molar-refractivity contribution in [1.82, 2.24) is 0 Å². The first-order chi connectivity index (χ1) is 8.98. The van der Waals surface area contributed by atoms with E-state index < -0.39 is 10.1 Å². The van der Waals surface area contributed by atoms with Gasteiger partial charge in [0.15, 0.2) is 0 Å². The Morgan fingerprint density at radius 1 is 1.16 bits per heavy atom. The van der Waals surface area contributed by atoms with Crippen molar-refractivity contribution < 1.29 is 12.6 Å². The van der Waals surface area contributed by atoms with Crippen LogP contribution in [0.3, 0.4) is 0 Å². The van der Waals surface area contributed by atoms with Gasteiger partial charge in [0.05, 0.1) is 5.75 Å². The molecule has 0 aliphatic rings. The van der Waals surface area contributed by atoms with Crippen molar-refractivity contribution in [1.29, 1.82) is 0 Å². The highest BCUT2D eigenvalue weighted by Crippen LogP contribution is 2.23. The Bertz CT molecular complexity index is 497. The van der Waals surface area contributed by atoms with Gasteiger partial charge in [-0.05, 0) is 43.0 Å². The van der Waals surface area contributed by atoms with Crippen LogP contribution in [0.15, 0.2) is 18.2 Å². The topological polar surface area (TPSA) is 69.4 Å². The van der Waals surface area contributed by atoms with E-state index in [1.807, 2.05) is 6.92 Å². The Balaban J connectivity index is 2.78. The number of nitrogen functional groups attached to an aromatic ring is 1. The van der Waals surface area contributed by atoms with Crippen molar-refractivity contribution >= 4 is 15.8 Å². The average molecular weight is 285 g/mol. The maximum absolute atomic E-state index is 11.7. The maximum atomic E-state index is 11.7. The Morgan fingerprint density at radius 2 is 1.84 bits per heavy atom. The molecule has 0 aliphatic heterocycles. The third kappa shape index (κ3) is 5.51. The first-order valence-corrected chi connectivity index (χ1v) is 8.36. The van der Waals surface area contributed by atoms with Crippen LogP contribution in [0.5, 0.6) is 5.75 Å². The SMILES string of the molecule is CCCCc1cc(OS(=O)(=O)CCCC)ccc1N. The highest BCUT2D eigenvalue weighted by molar-refractivity contribution is 7.87. The first kappa shape index (κ1) is 15.8. The summed E-state index contributed by atoms with van der Waals surface area (Å²) < 4.78 is 28.5. The lowest BCUT2D eigenvalue weighted by Crippen LogP contribution is -2.13. The zero-order valence-electron chi connectivity index (χ0n) is 11.7. The number of rotatable bonds is 8. The molecule has 0 radical (unpaired) electrons. The van der Waals surface area contributed by atoms with Gasteiger partial charge in [-0.2, -0.15) is 8.42 Å². The highest BCUT2D eigenvalue weighted by Gasteiger charge is 2.13. The van der Waals surface area contributed by atoms with Gasteiger partial charge >= 0.3 is 10.1 Å². The van der Waals surface area contributed by atoms with E-state index in [4.69, 9.17) is 9.92 Å². The van der Waals surface area contributed by atoms with Crippen LogP contribution in [0.25, 0.3) is 0 Å². The summed E-state index contributed by atoms with van der Waals surface area (Å²) in [4.78, 5) is 0. The number of nitrogens with two attached hydrogens (primary N) is 1. The highest BCUT2D eigenvalue weighted by atomic mass is 32.2. The van der Waals surface area contributed by atoms with Crippen LogP contribution < -0.4 is 9.92 Å². The molecular formula is C14H23NO3S. The molecule has 0 heterocycles. The van der Waals surface area contributed by atoms with Gasteiger partial charge in [-0.15, -0.1) is 0 Å². The number of hydrogen-bond acceptors (Lipinski definition) is 4. The van der Waals surface area contributed by atoms with Crippen LogP contribution in [-0.2, 0) is 16.5 Å². The van der Waals surface area contributed by atoms with Crippen molar-refractivity contribution in [3.63, 3.8) is 0 Å². The predicted molar refractivity (Wildman–Crippen MR) is 78.8 cm³/mol. The summed E-state index contributed by atoms with van der Waals surface area (Å²) in [7, 11) is -3.49. The smallest absolute Gasteiger partial charge is 0.309 e. The van der Waals surface area contributed by atoms with E-state index in [9.17, 15) is 8.42 Å². The van der Waals surface area contributed by atoms with Crippen LogP contribution >= 0.6 is 0 Å². The Kier molecular flexibility index (Phi) is 6.15. The molecule has 0 aromatic heterocycles. The fourth-order valence-electron chi connectivity index (χ4n) is 1.73. The fraction of sp³-hybridized carbons (Fsp3) is 0.571. The van der Waals surface area contributed by atoms with E-state index in [-0.39, 0.29) is 5.75 Å². The molecule has 0 saturated heterocycles. The van der Waals surface area contributed by atoms with Gasteiger partial charge in [0.1, 0.15) is 5.75 Å². The molecule has 1 rings (SSSR count). The van der Waals surface area contributed by atoms with Gasteiger partial charge in [0.2, 0.25) is 0 Å². The molecule has 108 valence electrons. The summed E-state index contributed by atoms with van der Waals surface area (Å²) in [5, 5.41) is 0. The molecule has 0 amide bonds. The molecule has 0 atom stereocenters. The van der Waals surface area contributed by atoms with E-state index in [1.165, 1.54) is 0 Å². The molecule has 19 heavy (non-hydrogen) atoms. The van der Waals surface area contributed by atoms with Crippen LogP contribution in [-0.4, -0.2) is 14.2 Å². The number of benzene rings is 1. The minimum absolute atomic E-state index is 0.0537. The summed E-state index contributed by atoms with van der Waals surface area (Å²) in [6.45, 7) is 4.05. The average Bonchev–Trinajstić information content (AvgIpc) is 2.37. The molecular weight excluding hydrogens is 262 g/mol. The largest absolute Gasteiger partial charge is 0.399 e. The molecule has 5 heteroatoms. The van der Waals surface area contributed by atoms with Gasteiger partial charge in [0.25, 0.3) is 0 Å². The summed E-state index contributed by atoms with van der Waals surface area (Å²) in [6.07, 6.45) is 4.37.